The van der Waals surface area contributed by atoms with Gasteiger partial charge in [-0.15, -0.1) is 0 Å². The smallest absolute Gasteiger partial charge is 0.0897 e. The molecule has 16 heavy (non-hydrogen) atoms. The van der Waals surface area contributed by atoms with E-state index >= 15 is 0 Å². The summed E-state index contributed by atoms with van der Waals surface area (Å²) in [6.45, 7) is 4.31. The summed E-state index contributed by atoms with van der Waals surface area (Å²) in [5.41, 5.74) is 0. The van der Waals surface area contributed by atoms with Crippen LogP contribution < -0.4 is 5.32 Å². The van der Waals surface area contributed by atoms with Crippen LogP contribution >= 0.6 is 0 Å². The molecule has 5 nitrogen and oxygen atoms in total. The van der Waals surface area contributed by atoms with Gasteiger partial charge in [0.2, 0.25) is 0 Å². The van der Waals surface area contributed by atoms with Gasteiger partial charge in [0.05, 0.1) is 25.9 Å². The van der Waals surface area contributed by atoms with Crippen LogP contribution in [-0.4, -0.2) is 66.9 Å². The SMILES string of the molecule is COCCOCC(O)CNCC(C)S(C)=O. The summed E-state index contributed by atoms with van der Waals surface area (Å²) in [6, 6.07) is 0. The zero-order chi connectivity index (χ0) is 12.4. The molecule has 2 N–H and O–H groups in total. The van der Waals surface area contributed by atoms with Crippen molar-refractivity contribution in [2.24, 2.45) is 0 Å². The minimum Gasteiger partial charge on any atom is -0.389 e. The first-order valence-corrected chi connectivity index (χ1v) is 6.97. The zero-order valence-electron chi connectivity index (χ0n) is 10.3. The van der Waals surface area contributed by atoms with Crippen molar-refractivity contribution in [3.8, 4) is 0 Å². The monoisotopic (exact) mass is 253 g/mol. The van der Waals surface area contributed by atoms with Gasteiger partial charge in [-0.1, -0.05) is 0 Å². The number of rotatable bonds is 10. The Hall–Kier alpha value is -0.0100. The molecule has 0 saturated heterocycles. The maximum atomic E-state index is 11.0. The molecular weight excluding hydrogens is 230 g/mol. The maximum absolute atomic E-state index is 11.0. The topological polar surface area (TPSA) is 67.8 Å². The number of aliphatic hydroxyl groups excluding tert-OH is 1. The lowest BCUT2D eigenvalue weighted by Gasteiger charge is -2.14. The van der Waals surface area contributed by atoms with Gasteiger partial charge in [0, 0.05) is 42.5 Å². The molecule has 0 aromatic rings. The standard InChI is InChI=1S/C10H23NO4S/c1-9(16(3)13)6-11-7-10(12)8-15-5-4-14-2/h9-12H,4-8H2,1-3H3. The van der Waals surface area contributed by atoms with E-state index in [4.69, 9.17) is 9.47 Å². The second-order valence-corrected chi connectivity index (χ2v) is 5.49. The highest BCUT2D eigenvalue weighted by Gasteiger charge is 2.07. The van der Waals surface area contributed by atoms with E-state index < -0.39 is 16.9 Å². The molecule has 0 radical (unpaired) electrons. The fraction of sp³-hybridized carbons (Fsp3) is 1.00. The number of nitrogens with one attached hydrogen (secondary N) is 1. The van der Waals surface area contributed by atoms with E-state index in [9.17, 15) is 9.32 Å². The Balaban J connectivity index is 3.36. The van der Waals surface area contributed by atoms with Crippen LogP contribution in [0, 0.1) is 0 Å². The third kappa shape index (κ3) is 9.23. The normalized spacial score (nSPS) is 17.0. The molecule has 0 aromatic heterocycles. The molecule has 0 spiro atoms. The molecule has 0 bridgehead atoms. The van der Waals surface area contributed by atoms with Crippen molar-refractivity contribution < 1.29 is 18.8 Å². The minimum atomic E-state index is -0.825. The third-order valence-corrected chi connectivity index (χ3v) is 3.42. The molecule has 98 valence electrons. The van der Waals surface area contributed by atoms with Gasteiger partial charge in [0.1, 0.15) is 0 Å². The first-order valence-electron chi connectivity index (χ1n) is 5.35. The lowest BCUT2D eigenvalue weighted by atomic mass is 10.3. The van der Waals surface area contributed by atoms with Gasteiger partial charge in [0.15, 0.2) is 0 Å². The predicted octanol–water partition coefficient (Wildman–Crippen LogP) is -0.633. The van der Waals surface area contributed by atoms with Crippen LogP contribution in [0.25, 0.3) is 0 Å². The van der Waals surface area contributed by atoms with Crippen LogP contribution in [0.1, 0.15) is 6.92 Å². The van der Waals surface area contributed by atoms with E-state index in [1.807, 2.05) is 6.92 Å². The van der Waals surface area contributed by atoms with Gasteiger partial charge in [-0.3, -0.25) is 4.21 Å². The third-order valence-electron chi connectivity index (χ3n) is 2.12. The van der Waals surface area contributed by atoms with Crippen molar-refractivity contribution in [3.63, 3.8) is 0 Å². The van der Waals surface area contributed by atoms with Crippen LogP contribution in [0.4, 0.5) is 0 Å². The lowest BCUT2D eigenvalue weighted by Crippen LogP contribution is -2.35. The van der Waals surface area contributed by atoms with Crippen LogP contribution in [0.15, 0.2) is 0 Å². The maximum Gasteiger partial charge on any atom is 0.0897 e. The minimum absolute atomic E-state index is 0.0987. The molecule has 3 atom stereocenters. The van der Waals surface area contributed by atoms with Gasteiger partial charge in [-0.05, 0) is 6.92 Å². The first-order chi connectivity index (χ1) is 7.57. The Morgan fingerprint density at radius 3 is 2.62 bits per heavy atom. The average molecular weight is 253 g/mol. The first kappa shape index (κ1) is 16.0. The Morgan fingerprint density at radius 2 is 2.06 bits per heavy atom. The Kier molecular flexibility index (Phi) is 10.2. The molecule has 0 fully saturated rings. The molecule has 0 rings (SSSR count). The summed E-state index contributed by atoms with van der Waals surface area (Å²) >= 11 is 0. The van der Waals surface area contributed by atoms with Crippen molar-refractivity contribution in [1.82, 2.24) is 5.32 Å². The number of hydrogen-bond donors (Lipinski definition) is 2. The summed E-state index contributed by atoms with van der Waals surface area (Å²) in [4.78, 5) is 0. The quantitative estimate of drug-likeness (QED) is 0.507. The molecule has 0 aromatic carbocycles. The number of aliphatic hydroxyl groups is 1. The Labute approximate surface area is 100.0 Å². The number of ether oxygens (including phenoxy) is 2. The van der Waals surface area contributed by atoms with Crippen LogP contribution in [0.2, 0.25) is 0 Å². The molecule has 0 amide bonds. The molecule has 0 aliphatic heterocycles. The van der Waals surface area contributed by atoms with Gasteiger partial charge in [-0.25, -0.2) is 0 Å². The highest BCUT2D eigenvalue weighted by molar-refractivity contribution is 7.84. The van der Waals surface area contributed by atoms with E-state index in [-0.39, 0.29) is 5.25 Å². The van der Waals surface area contributed by atoms with Crippen molar-refractivity contribution in [2.45, 2.75) is 18.3 Å². The van der Waals surface area contributed by atoms with Gasteiger partial charge in [-0.2, -0.15) is 0 Å². The molecule has 0 aliphatic carbocycles. The molecule has 3 unspecified atom stereocenters. The van der Waals surface area contributed by atoms with Crippen molar-refractivity contribution >= 4 is 10.8 Å². The van der Waals surface area contributed by atoms with Gasteiger partial charge < -0.3 is 19.9 Å². The molecular formula is C10H23NO4S. The summed E-state index contributed by atoms with van der Waals surface area (Å²) in [7, 11) is 0.780. The second kappa shape index (κ2) is 10.2. The summed E-state index contributed by atoms with van der Waals surface area (Å²) in [5, 5.41) is 12.6. The second-order valence-electron chi connectivity index (χ2n) is 3.69. The molecule has 0 heterocycles. The van der Waals surface area contributed by atoms with E-state index in [0.29, 0.717) is 32.9 Å². The largest absolute Gasteiger partial charge is 0.389 e. The van der Waals surface area contributed by atoms with Gasteiger partial charge >= 0.3 is 0 Å². The fourth-order valence-corrected chi connectivity index (χ4v) is 1.34. The predicted molar refractivity (Wildman–Crippen MR) is 65.1 cm³/mol. The van der Waals surface area contributed by atoms with Gasteiger partial charge in [0.25, 0.3) is 0 Å². The number of methoxy groups -OCH3 is 1. The Bertz CT molecular complexity index is 192. The molecule has 0 aliphatic rings. The average Bonchev–Trinajstić information content (AvgIpc) is 2.24. The fourth-order valence-electron chi connectivity index (χ4n) is 0.991. The summed E-state index contributed by atoms with van der Waals surface area (Å²) in [5.74, 6) is 0. The van der Waals surface area contributed by atoms with E-state index in [1.54, 1.807) is 13.4 Å². The molecule has 0 saturated carbocycles. The van der Waals surface area contributed by atoms with Crippen molar-refractivity contribution in [3.05, 3.63) is 0 Å². The lowest BCUT2D eigenvalue weighted by molar-refractivity contribution is 0.0139. The van der Waals surface area contributed by atoms with E-state index in [0.717, 1.165) is 0 Å². The van der Waals surface area contributed by atoms with Crippen molar-refractivity contribution in [2.75, 3.05) is 46.3 Å². The van der Waals surface area contributed by atoms with Crippen LogP contribution in [-0.2, 0) is 20.3 Å². The van der Waals surface area contributed by atoms with E-state index in [2.05, 4.69) is 5.32 Å². The van der Waals surface area contributed by atoms with E-state index in [1.165, 1.54) is 0 Å². The van der Waals surface area contributed by atoms with Crippen LogP contribution in [0.5, 0.6) is 0 Å². The Morgan fingerprint density at radius 1 is 1.38 bits per heavy atom. The highest BCUT2D eigenvalue weighted by Crippen LogP contribution is 1.90. The number of hydrogen-bond acceptors (Lipinski definition) is 5. The summed E-state index contributed by atoms with van der Waals surface area (Å²) < 4.78 is 21.0. The van der Waals surface area contributed by atoms with Crippen molar-refractivity contribution in [1.29, 1.82) is 0 Å². The van der Waals surface area contributed by atoms with Crippen LogP contribution in [0.3, 0.4) is 0 Å². The molecule has 6 heteroatoms. The summed E-state index contributed by atoms with van der Waals surface area (Å²) in [6.07, 6.45) is 1.14. The zero-order valence-corrected chi connectivity index (χ0v) is 11.1. The highest BCUT2D eigenvalue weighted by atomic mass is 32.2.